The second kappa shape index (κ2) is 6.35. The summed E-state index contributed by atoms with van der Waals surface area (Å²) >= 11 is 0. The summed E-state index contributed by atoms with van der Waals surface area (Å²) < 4.78 is 0. The first-order valence-corrected chi connectivity index (χ1v) is 5.59. The molecule has 1 rings (SSSR count). The lowest BCUT2D eigenvalue weighted by Crippen LogP contribution is -2.27. The van der Waals surface area contributed by atoms with E-state index in [1.165, 1.54) is 0 Å². The van der Waals surface area contributed by atoms with Crippen LogP contribution in [-0.2, 0) is 6.54 Å². The van der Waals surface area contributed by atoms with E-state index in [1.807, 2.05) is 6.07 Å². The van der Waals surface area contributed by atoms with E-state index in [0.717, 1.165) is 37.3 Å². The molecule has 0 unspecified atom stereocenters. The number of nitrogens with two attached hydrogens (primary N) is 1. The number of hydrogen-bond acceptors (Lipinski definition) is 4. The van der Waals surface area contributed by atoms with E-state index in [9.17, 15) is 0 Å². The highest BCUT2D eigenvalue weighted by Gasteiger charge is 2.10. The first kappa shape index (κ1) is 11.9. The monoisotopic (exact) mass is 208 g/mol. The zero-order valence-corrected chi connectivity index (χ0v) is 9.61. The molecule has 0 saturated heterocycles. The molecular formula is C11H20N4. The first-order chi connectivity index (χ1) is 7.33. The maximum absolute atomic E-state index is 5.69. The summed E-state index contributed by atoms with van der Waals surface area (Å²) in [7, 11) is 0. The van der Waals surface area contributed by atoms with Gasteiger partial charge in [0.1, 0.15) is 0 Å². The number of anilines is 1. The predicted molar refractivity (Wildman–Crippen MR) is 62.7 cm³/mol. The zero-order chi connectivity index (χ0) is 11.1. The summed E-state index contributed by atoms with van der Waals surface area (Å²) in [4.78, 5) is 2.26. The number of nitrogens with zero attached hydrogens (tertiary/aromatic N) is 3. The molecule has 1 aromatic rings. The van der Waals surface area contributed by atoms with Crippen LogP contribution in [0.3, 0.4) is 0 Å². The quantitative estimate of drug-likeness (QED) is 0.771. The van der Waals surface area contributed by atoms with Crippen LogP contribution in [0.15, 0.2) is 12.3 Å². The van der Waals surface area contributed by atoms with Crippen molar-refractivity contribution in [2.24, 2.45) is 5.73 Å². The van der Waals surface area contributed by atoms with E-state index in [0.29, 0.717) is 6.54 Å². The highest BCUT2D eigenvalue weighted by Crippen LogP contribution is 2.16. The van der Waals surface area contributed by atoms with Crippen LogP contribution in [0.5, 0.6) is 0 Å². The van der Waals surface area contributed by atoms with Gasteiger partial charge in [0.25, 0.3) is 0 Å². The molecule has 0 aliphatic carbocycles. The van der Waals surface area contributed by atoms with Crippen molar-refractivity contribution < 1.29 is 0 Å². The van der Waals surface area contributed by atoms with Crippen molar-refractivity contribution in [3.05, 3.63) is 17.8 Å². The van der Waals surface area contributed by atoms with Gasteiger partial charge in [-0.25, -0.2) is 0 Å². The van der Waals surface area contributed by atoms with Gasteiger partial charge >= 0.3 is 0 Å². The Morgan fingerprint density at radius 1 is 1.27 bits per heavy atom. The second-order valence-corrected chi connectivity index (χ2v) is 3.57. The summed E-state index contributed by atoms with van der Waals surface area (Å²) in [5, 5.41) is 8.11. The van der Waals surface area contributed by atoms with Gasteiger partial charge in [-0.3, -0.25) is 0 Å². The summed E-state index contributed by atoms with van der Waals surface area (Å²) in [6, 6.07) is 1.95. The van der Waals surface area contributed by atoms with Crippen LogP contribution in [0.2, 0.25) is 0 Å². The molecular weight excluding hydrogens is 188 g/mol. The molecule has 0 bridgehead atoms. The highest BCUT2D eigenvalue weighted by atomic mass is 15.3. The van der Waals surface area contributed by atoms with Crippen molar-refractivity contribution >= 4 is 5.82 Å². The average molecular weight is 208 g/mol. The van der Waals surface area contributed by atoms with Crippen LogP contribution >= 0.6 is 0 Å². The van der Waals surface area contributed by atoms with Gasteiger partial charge in [-0.2, -0.15) is 5.10 Å². The van der Waals surface area contributed by atoms with Gasteiger partial charge in [-0.15, -0.1) is 5.10 Å². The largest absolute Gasteiger partial charge is 0.355 e. The lowest BCUT2D eigenvalue weighted by Gasteiger charge is -2.23. The molecule has 4 heteroatoms. The molecule has 2 N–H and O–H groups in total. The van der Waals surface area contributed by atoms with Gasteiger partial charge in [0.2, 0.25) is 0 Å². The topological polar surface area (TPSA) is 55.0 Å². The van der Waals surface area contributed by atoms with E-state index in [2.05, 4.69) is 28.9 Å². The molecule has 0 aliphatic rings. The van der Waals surface area contributed by atoms with E-state index in [4.69, 9.17) is 5.73 Å². The van der Waals surface area contributed by atoms with Gasteiger partial charge < -0.3 is 10.6 Å². The zero-order valence-electron chi connectivity index (χ0n) is 9.61. The molecule has 15 heavy (non-hydrogen) atoms. The summed E-state index contributed by atoms with van der Waals surface area (Å²) in [5.41, 5.74) is 6.76. The summed E-state index contributed by atoms with van der Waals surface area (Å²) in [6.07, 6.45) is 3.92. The third-order valence-corrected chi connectivity index (χ3v) is 2.29. The van der Waals surface area contributed by atoms with Crippen LogP contribution in [0.4, 0.5) is 5.82 Å². The normalized spacial score (nSPS) is 10.3. The average Bonchev–Trinajstić information content (AvgIpc) is 2.29. The van der Waals surface area contributed by atoms with Gasteiger partial charge in [0.15, 0.2) is 5.82 Å². The SMILES string of the molecule is CCCN(CCC)c1nnccc1CN. The molecule has 1 aromatic heterocycles. The van der Waals surface area contributed by atoms with Crippen molar-refractivity contribution in [1.29, 1.82) is 0 Å². The Kier molecular flexibility index (Phi) is 5.04. The number of hydrogen-bond donors (Lipinski definition) is 1. The molecule has 4 nitrogen and oxygen atoms in total. The lowest BCUT2D eigenvalue weighted by atomic mass is 10.2. The molecule has 0 fully saturated rings. The highest BCUT2D eigenvalue weighted by molar-refractivity contribution is 5.45. The van der Waals surface area contributed by atoms with E-state index < -0.39 is 0 Å². The third kappa shape index (κ3) is 3.16. The standard InChI is InChI=1S/C11H20N4/c1-3-7-15(8-4-2)11-10(9-12)5-6-13-14-11/h5-6H,3-4,7-9,12H2,1-2H3. The van der Waals surface area contributed by atoms with Gasteiger partial charge in [0.05, 0.1) is 6.20 Å². The maximum atomic E-state index is 5.69. The first-order valence-electron chi connectivity index (χ1n) is 5.59. The number of rotatable bonds is 6. The Morgan fingerprint density at radius 3 is 2.47 bits per heavy atom. The Bertz CT molecular complexity index is 282. The Hall–Kier alpha value is -1.16. The molecule has 0 saturated carbocycles. The third-order valence-electron chi connectivity index (χ3n) is 2.29. The van der Waals surface area contributed by atoms with E-state index in [-0.39, 0.29) is 0 Å². The molecule has 0 atom stereocenters. The fourth-order valence-corrected chi connectivity index (χ4v) is 1.64. The molecule has 0 aliphatic heterocycles. The van der Waals surface area contributed by atoms with Crippen molar-refractivity contribution in [2.45, 2.75) is 33.2 Å². The van der Waals surface area contributed by atoms with Crippen LogP contribution in [-0.4, -0.2) is 23.3 Å². The minimum Gasteiger partial charge on any atom is -0.355 e. The van der Waals surface area contributed by atoms with Crippen LogP contribution in [0.25, 0.3) is 0 Å². The minimum absolute atomic E-state index is 0.523. The maximum Gasteiger partial charge on any atom is 0.155 e. The molecule has 84 valence electrons. The fraction of sp³-hybridized carbons (Fsp3) is 0.636. The second-order valence-electron chi connectivity index (χ2n) is 3.57. The van der Waals surface area contributed by atoms with Crippen LogP contribution < -0.4 is 10.6 Å². The van der Waals surface area contributed by atoms with E-state index >= 15 is 0 Å². The molecule has 0 amide bonds. The van der Waals surface area contributed by atoms with Gasteiger partial charge in [0, 0.05) is 25.2 Å². The van der Waals surface area contributed by atoms with Crippen molar-refractivity contribution in [3.8, 4) is 0 Å². The van der Waals surface area contributed by atoms with Crippen molar-refractivity contribution in [3.63, 3.8) is 0 Å². The Morgan fingerprint density at radius 2 is 1.93 bits per heavy atom. The van der Waals surface area contributed by atoms with Gasteiger partial charge in [-0.1, -0.05) is 13.8 Å². The van der Waals surface area contributed by atoms with Crippen molar-refractivity contribution in [2.75, 3.05) is 18.0 Å². The molecule has 0 aromatic carbocycles. The Labute approximate surface area is 91.5 Å². The molecule has 1 heterocycles. The fourth-order valence-electron chi connectivity index (χ4n) is 1.64. The summed E-state index contributed by atoms with van der Waals surface area (Å²) in [6.45, 7) is 6.89. The summed E-state index contributed by atoms with van der Waals surface area (Å²) in [5.74, 6) is 0.948. The predicted octanol–water partition coefficient (Wildman–Crippen LogP) is 1.56. The van der Waals surface area contributed by atoms with E-state index in [1.54, 1.807) is 6.20 Å². The van der Waals surface area contributed by atoms with Crippen LogP contribution in [0.1, 0.15) is 32.3 Å². The Balaban J connectivity index is 2.88. The number of aromatic nitrogens is 2. The molecule has 0 radical (unpaired) electrons. The van der Waals surface area contributed by atoms with Gasteiger partial charge in [-0.05, 0) is 18.9 Å². The lowest BCUT2D eigenvalue weighted by molar-refractivity contribution is 0.718. The van der Waals surface area contributed by atoms with Crippen molar-refractivity contribution in [1.82, 2.24) is 10.2 Å². The smallest absolute Gasteiger partial charge is 0.155 e. The molecule has 0 spiro atoms. The minimum atomic E-state index is 0.523. The van der Waals surface area contributed by atoms with Crippen LogP contribution in [0, 0.1) is 0 Å².